The molecule has 0 aromatic rings. The number of rotatable bonds is 6. The van der Waals surface area contributed by atoms with Crippen LogP contribution in [0.3, 0.4) is 0 Å². The van der Waals surface area contributed by atoms with Crippen LogP contribution in [0.5, 0.6) is 0 Å². The first-order valence-electron chi connectivity index (χ1n) is 5.19. The van der Waals surface area contributed by atoms with Gasteiger partial charge in [-0.25, -0.2) is 0 Å². The van der Waals surface area contributed by atoms with Crippen molar-refractivity contribution >= 4 is 11.8 Å². The van der Waals surface area contributed by atoms with Gasteiger partial charge in [0.1, 0.15) is 0 Å². The zero-order valence-electron chi connectivity index (χ0n) is 9.28. The van der Waals surface area contributed by atoms with E-state index in [2.05, 4.69) is 5.32 Å². The van der Waals surface area contributed by atoms with Crippen LogP contribution in [0.1, 0.15) is 19.3 Å². The summed E-state index contributed by atoms with van der Waals surface area (Å²) in [6.45, 7) is 1.49. The number of carbonyl (C=O) groups excluding carboxylic acids is 2. The summed E-state index contributed by atoms with van der Waals surface area (Å²) in [5, 5.41) is 3.08. The predicted octanol–water partition coefficient (Wildman–Crippen LogP) is -0.240. The first kappa shape index (κ1) is 12.1. The molecule has 86 valence electrons. The smallest absolute Gasteiger partial charge is 0.246 e. The van der Waals surface area contributed by atoms with E-state index in [1.54, 1.807) is 7.11 Å². The van der Waals surface area contributed by atoms with Crippen LogP contribution in [-0.2, 0) is 14.3 Å². The molecule has 0 aromatic heterocycles. The van der Waals surface area contributed by atoms with Crippen LogP contribution >= 0.6 is 0 Å². The average Bonchev–Trinajstić information content (AvgIpc) is 2.46. The lowest BCUT2D eigenvalue weighted by molar-refractivity contribution is -0.137. The lowest BCUT2D eigenvalue weighted by atomic mass is 10.2. The molecule has 1 fully saturated rings. The molecule has 1 aliphatic heterocycles. The molecule has 1 saturated heterocycles. The van der Waals surface area contributed by atoms with E-state index < -0.39 is 0 Å². The molecule has 0 aliphatic carbocycles. The van der Waals surface area contributed by atoms with E-state index in [0.29, 0.717) is 6.42 Å². The second kappa shape index (κ2) is 5.82. The molecule has 0 aromatic carbocycles. The number of imide groups is 1. The first-order valence-corrected chi connectivity index (χ1v) is 5.19. The van der Waals surface area contributed by atoms with Gasteiger partial charge in [0.05, 0.1) is 12.5 Å². The van der Waals surface area contributed by atoms with Gasteiger partial charge in [-0.2, -0.15) is 0 Å². The van der Waals surface area contributed by atoms with Gasteiger partial charge >= 0.3 is 0 Å². The quantitative estimate of drug-likeness (QED) is 0.490. The van der Waals surface area contributed by atoms with Gasteiger partial charge in [-0.15, -0.1) is 0 Å². The summed E-state index contributed by atoms with van der Waals surface area (Å²) in [6, 6.07) is -0.315. The van der Waals surface area contributed by atoms with Crippen molar-refractivity contribution in [2.24, 2.45) is 0 Å². The second-order valence-electron chi connectivity index (χ2n) is 3.70. The summed E-state index contributed by atoms with van der Waals surface area (Å²) >= 11 is 0. The van der Waals surface area contributed by atoms with E-state index in [4.69, 9.17) is 4.74 Å². The van der Waals surface area contributed by atoms with E-state index in [0.717, 1.165) is 26.0 Å². The number of methoxy groups -OCH3 is 1. The summed E-state index contributed by atoms with van der Waals surface area (Å²) < 4.78 is 4.91. The van der Waals surface area contributed by atoms with Gasteiger partial charge in [-0.05, 0) is 19.4 Å². The zero-order valence-corrected chi connectivity index (χ0v) is 9.28. The van der Waals surface area contributed by atoms with E-state index >= 15 is 0 Å². The van der Waals surface area contributed by atoms with Crippen LogP contribution in [-0.4, -0.2) is 50.1 Å². The molecule has 0 radical (unpaired) electrons. The van der Waals surface area contributed by atoms with Gasteiger partial charge in [0.25, 0.3) is 0 Å². The molecule has 0 spiro atoms. The Morgan fingerprint density at radius 3 is 2.73 bits per heavy atom. The second-order valence-corrected chi connectivity index (χ2v) is 3.70. The molecule has 5 heteroatoms. The summed E-state index contributed by atoms with van der Waals surface area (Å²) in [5.41, 5.74) is 0. The molecule has 0 saturated carbocycles. The average molecular weight is 214 g/mol. The maximum atomic E-state index is 11.5. The molecular weight excluding hydrogens is 196 g/mol. The normalized spacial score (nSPS) is 21.5. The summed E-state index contributed by atoms with van der Waals surface area (Å²) in [5.74, 6) is -0.221. The fraction of sp³-hybridized carbons (Fsp3) is 0.800. The minimum Gasteiger partial charge on any atom is -0.385 e. The van der Waals surface area contributed by atoms with Crippen molar-refractivity contribution in [3.63, 3.8) is 0 Å². The number of nitrogens with one attached hydrogen (secondary N) is 1. The standard InChI is InChI=1S/C10H18N2O3/c1-12-9(13)7-8(10(12)14)11-5-3-4-6-15-2/h8,11H,3-7H2,1-2H3. The number of hydrogen-bond acceptors (Lipinski definition) is 4. The van der Waals surface area contributed by atoms with Crippen molar-refractivity contribution < 1.29 is 14.3 Å². The Bertz CT molecular complexity index is 243. The molecule has 1 heterocycles. The highest BCUT2D eigenvalue weighted by molar-refractivity contribution is 6.05. The summed E-state index contributed by atoms with van der Waals surface area (Å²) in [4.78, 5) is 23.8. The molecule has 0 bridgehead atoms. The highest BCUT2D eigenvalue weighted by Crippen LogP contribution is 2.10. The van der Waals surface area contributed by atoms with E-state index in [1.807, 2.05) is 0 Å². The number of likely N-dealkylation sites (tertiary alicyclic amines) is 1. The molecule has 15 heavy (non-hydrogen) atoms. The Kier molecular flexibility index (Phi) is 4.71. The molecule has 1 atom stereocenters. The first-order chi connectivity index (χ1) is 7.16. The van der Waals surface area contributed by atoms with Crippen LogP contribution < -0.4 is 5.32 Å². The number of hydrogen-bond donors (Lipinski definition) is 1. The summed E-state index contributed by atoms with van der Waals surface area (Å²) in [6.07, 6.45) is 2.21. The maximum absolute atomic E-state index is 11.5. The molecule has 1 rings (SSSR count). The van der Waals surface area contributed by atoms with Gasteiger partial charge in [0.15, 0.2) is 0 Å². The third kappa shape index (κ3) is 3.28. The van der Waals surface area contributed by atoms with Crippen molar-refractivity contribution in [1.82, 2.24) is 10.2 Å². The molecule has 1 aliphatic rings. The molecule has 1 unspecified atom stereocenters. The van der Waals surface area contributed by atoms with E-state index in [9.17, 15) is 9.59 Å². The largest absolute Gasteiger partial charge is 0.385 e. The molecule has 5 nitrogen and oxygen atoms in total. The van der Waals surface area contributed by atoms with Gasteiger partial charge in [-0.1, -0.05) is 0 Å². The van der Waals surface area contributed by atoms with Crippen molar-refractivity contribution in [3.8, 4) is 0 Å². The third-order valence-corrected chi connectivity index (χ3v) is 2.55. The molecule has 1 N–H and O–H groups in total. The van der Waals surface area contributed by atoms with Gasteiger partial charge in [0.2, 0.25) is 11.8 Å². The van der Waals surface area contributed by atoms with Crippen LogP contribution in [0.4, 0.5) is 0 Å². The molecule has 2 amide bonds. The Labute approximate surface area is 89.8 Å². The highest BCUT2D eigenvalue weighted by atomic mass is 16.5. The van der Waals surface area contributed by atoms with Crippen molar-refractivity contribution in [2.75, 3.05) is 27.3 Å². The fourth-order valence-electron chi connectivity index (χ4n) is 1.56. The minimum atomic E-state index is -0.315. The lowest BCUT2D eigenvalue weighted by Crippen LogP contribution is -2.37. The van der Waals surface area contributed by atoms with Crippen LogP contribution in [0, 0.1) is 0 Å². The Hall–Kier alpha value is -0.940. The number of likely N-dealkylation sites (N-methyl/N-ethyl adjacent to an activating group) is 1. The predicted molar refractivity (Wildman–Crippen MR) is 55.3 cm³/mol. The maximum Gasteiger partial charge on any atom is 0.246 e. The SMILES string of the molecule is COCCCCNC1CC(=O)N(C)C1=O. The topological polar surface area (TPSA) is 58.6 Å². The van der Waals surface area contributed by atoms with Crippen LogP contribution in [0.15, 0.2) is 0 Å². The Balaban J connectivity index is 2.17. The monoisotopic (exact) mass is 214 g/mol. The fourth-order valence-corrected chi connectivity index (χ4v) is 1.56. The highest BCUT2D eigenvalue weighted by Gasteiger charge is 2.35. The number of nitrogens with zero attached hydrogens (tertiary/aromatic N) is 1. The van der Waals surface area contributed by atoms with Gasteiger partial charge < -0.3 is 10.1 Å². The van der Waals surface area contributed by atoms with E-state index in [-0.39, 0.29) is 17.9 Å². The zero-order chi connectivity index (χ0) is 11.3. The third-order valence-electron chi connectivity index (χ3n) is 2.55. The number of unbranched alkanes of at least 4 members (excludes halogenated alkanes) is 1. The number of carbonyl (C=O) groups is 2. The van der Waals surface area contributed by atoms with Crippen LogP contribution in [0.25, 0.3) is 0 Å². The summed E-state index contributed by atoms with van der Waals surface area (Å²) in [7, 11) is 3.19. The lowest BCUT2D eigenvalue weighted by Gasteiger charge is -2.10. The van der Waals surface area contributed by atoms with Crippen molar-refractivity contribution in [1.29, 1.82) is 0 Å². The Morgan fingerprint density at radius 1 is 1.47 bits per heavy atom. The van der Waals surface area contributed by atoms with Gasteiger partial charge in [-0.3, -0.25) is 14.5 Å². The van der Waals surface area contributed by atoms with E-state index in [1.165, 1.54) is 11.9 Å². The Morgan fingerprint density at radius 2 is 2.20 bits per heavy atom. The van der Waals surface area contributed by atoms with Crippen molar-refractivity contribution in [2.45, 2.75) is 25.3 Å². The van der Waals surface area contributed by atoms with Crippen molar-refractivity contribution in [3.05, 3.63) is 0 Å². The van der Waals surface area contributed by atoms with Crippen LogP contribution in [0.2, 0.25) is 0 Å². The van der Waals surface area contributed by atoms with Gasteiger partial charge in [0, 0.05) is 20.8 Å². The minimum absolute atomic E-state index is 0.102. The number of amides is 2. The molecular formula is C10H18N2O3. The number of ether oxygens (including phenoxy) is 1.